The third-order valence-electron chi connectivity index (χ3n) is 11.6. The van der Waals surface area contributed by atoms with Crippen molar-refractivity contribution in [2.45, 2.75) is 41.5 Å². The van der Waals surface area contributed by atoms with Crippen LogP contribution in [0.4, 0.5) is 34.1 Å². The molecular formula is C54H48N6O6. The molecule has 330 valence electrons. The Balaban J connectivity index is 1.17. The van der Waals surface area contributed by atoms with Gasteiger partial charge in [0, 0.05) is 51.5 Å². The Labute approximate surface area is 382 Å². The molecule has 0 aromatic heterocycles. The lowest BCUT2D eigenvalue weighted by molar-refractivity contribution is -0.132. The molecule has 0 fully saturated rings. The minimum Gasteiger partial charge on any atom is -0.504 e. The molecule has 0 radical (unpaired) electrons. The molecule has 0 bridgehead atoms. The fraction of sp³-hybridized carbons (Fsp3) is 0.148. The van der Waals surface area contributed by atoms with Gasteiger partial charge >= 0.3 is 0 Å². The smallest absolute Gasteiger partial charge is 0.235 e. The van der Waals surface area contributed by atoms with Crippen molar-refractivity contribution in [3.05, 3.63) is 200 Å². The van der Waals surface area contributed by atoms with Crippen molar-refractivity contribution in [3.63, 3.8) is 0 Å². The number of carbonyl (C=O) groups excluding carboxylic acids is 5. The van der Waals surface area contributed by atoms with Gasteiger partial charge in [-0.25, -0.2) is 0 Å². The normalized spacial score (nSPS) is 18.4. The van der Waals surface area contributed by atoms with Crippen molar-refractivity contribution in [2.75, 3.05) is 27.0 Å². The van der Waals surface area contributed by atoms with Crippen molar-refractivity contribution >= 4 is 69.3 Å². The van der Waals surface area contributed by atoms with Crippen molar-refractivity contribution in [3.8, 4) is 0 Å². The molecule has 6 N–H and O–H groups in total. The van der Waals surface area contributed by atoms with E-state index in [2.05, 4.69) is 32.0 Å². The Morgan fingerprint density at radius 3 is 1.45 bits per heavy atom. The number of nitrogens with one attached hydrogen (secondary N) is 5. The van der Waals surface area contributed by atoms with E-state index in [1.54, 1.807) is 76.2 Å². The Kier molecular flexibility index (Phi) is 12.3. The molecule has 0 heterocycles. The van der Waals surface area contributed by atoms with E-state index in [0.29, 0.717) is 39.2 Å². The maximum absolute atomic E-state index is 15.2. The number of fused-ring (bicyclic) bond motifs is 1. The summed E-state index contributed by atoms with van der Waals surface area (Å²) in [5.41, 5.74) is 18.7. The van der Waals surface area contributed by atoms with Gasteiger partial charge in [-0.1, -0.05) is 76.2 Å². The van der Waals surface area contributed by atoms with Crippen LogP contribution in [0.25, 0.3) is 0 Å². The lowest BCUT2D eigenvalue weighted by atomic mass is 9.69. The van der Waals surface area contributed by atoms with Gasteiger partial charge in [-0.15, -0.1) is 0 Å². The number of aliphatic hydroxyl groups is 1. The van der Waals surface area contributed by atoms with Gasteiger partial charge < -0.3 is 32.1 Å². The molecule has 8 rings (SSSR count). The summed E-state index contributed by atoms with van der Waals surface area (Å²) in [6, 6.07) is 33.4. The van der Waals surface area contributed by atoms with Gasteiger partial charge in [0.1, 0.15) is 0 Å². The molecule has 0 spiro atoms. The summed E-state index contributed by atoms with van der Waals surface area (Å²) in [6.45, 7) is 10.6. The highest BCUT2D eigenvalue weighted by molar-refractivity contribution is 6.56. The summed E-state index contributed by atoms with van der Waals surface area (Å²) in [7, 11) is 0. The van der Waals surface area contributed by atoms with Gasteiger partial charge in [0.25, 0.3) is 0 Å². The average molecular weight is 877 g/mol. The number of anilines is 5. The van der Waals surface area contributed by atoms with E-state index >= 15 is 9.59 Å². The second kappa shape index (κ2) is 18.4. The first-order chi connectivity index (χ1) is 31.7. The minimum absolute atomic E-state index is 0.0275. The number of hydrazine groups is 2. The lowest BCUT2D eigenvalue weighted by Crippen LogP contribution is -2.34. The number of para-hydroxylation sites is 2. The molecule has 0 atom stereocenters. The van der Waals surface area contributed by atoms with Crippen molar-refractivity contribution in [1.82, 2.24) is 0 Å². The number of aliphatic imine (C=N–C) groups is 1. The molecule has 4 aliphatic carbocycles. The summed E-state index contributed by atoms with van der Waals surface area (Å²) in [5.74, 6) is -4.80. The number of benzene rings is 4. The van der Waals surface area contributed by atoms with Gasteiger partial charge in [-0.05, 0) is 121 Å². The van der Waals surface area contributed by atoms with Gasteiger partial charge in [-0.2, -0.15) is 0 Å². The van der Waals surface area contributed by atoms with Crippen molar-refractivity contribution in [1.29, 1.82) is 0 Å². The molecule has 4 aromatic carbocycles. The predicted molar refractivity (Wildman–Crippen MR) is 260 cm³/mol. The maximum atomic E-state index is 15.2. The molecule has 0 saturated heterocycles. The van der Waals surface area contributed by atoms with E-state index in [-0.39, 0.29) is 44.9 Å². The maximum Gasteiger partial charge on any atom is 0.235 e. The number of hydrogen-bond donors (Lipinski definition) is 6. The third-order valence-corrected chi connectivity index (χ3v) is 11.6. The first-order valence-electron chi connectivity index (χ1n) is 21.6. The Bertz CT molecular complexity index is 3010. The number of ketones is 5. The molecule has 4 aromatic rings. The van der Waals surface area contributed by atoms with E-state index in [1.165, 1.54) is 12.4 Å². The quantitative estimate of drug-likeness (QED) is 0.0262. The first-order valence-corrected chi connectivity index (χ1v) is 21.6. The van der Waals surface area contributed by atoms with E-state index < -0.39 is 40.6 Å². The summed E-state index contributed by atoms with van der Waals surface area (Å²) in [5, 5.41) is 14.5. The number of Topliss-reactive ketones (excluding diaryl/α,β-unsaturated/α-hetero) is 5. The van der Waals surface area contributed by atoms with Crippen LogP contribution in [0.5, 0.6) is 0 Å². The first kappa shape index (κ1) is 44.2. The van der Waals surface area contributed by atoms with Gasteiger partial charge in [0.15, 0.2) is 17.3 Å². The number of nitrogens with zero attached hydrogens (tertiary/aromatic N) is 1. The topological polar surface area (TPSA) is 178 Å². The van der Waals surface area contributed by atoms with Crippen molar-refractivity contribution in [2.24, 2.45) is 16.8 Å². The van der Waals surface area contributed by atoms with E-state index in [4.69, 9.17) is 0 Å². The Morgan fingerprint density at radius 1 is 0.485 bits per heavy atom. The number of hydrogen-bond acceptors (Lipinski definition) is 12. The van der Waals surface area contributed by atoms with E-state index in [1.807, 2.05) is 86.6 Å². The highest BCUT2D eigenvalue weighted by Gasteiger charge is 2.44. The number of allylic oxidation sites excluding steroid dienone is 14. The summed E-state index contributed by atoms with van der Waals surface area (Å²) >= 11 is 0. The minimum atomic E-state index is -0.878. The summed E-state index contributed by atoms with van der Waals surface area (Å²) < 4.78 is 0. The lowest BCUT2D eigenvalue weighted by Gasteiger charge is -2.32. The molecule has 12 nitrogen and oxygen atoms in total. The molecule has 12 heteroatoms. The van der Waals surface area contributed by atoms with Crippen LogP contribution in [0.15, 0.2) is 205 Å². The van der Waals surface area contributed by atoms with Gasteiger partial charge in [0.05, 0.1) is 39.6 Å². The molecule has 0 aliphatic heterocycles. The zero-order chi connectivity index (χ0) is 46.8. The SMILES string of the molecule is CC1=CC2=C(C(=O)/C1=C1\C(=O)C3=C(C=Nc4ccc(NNc5ccccc5)cc4)C(=O)C(=O)C(C(C)C)=C3C=C1C)C(=CNc1ccc(NNc3ccccc3)cc1)C(=O)C(O)=C2C(C)C. The molecule has 0 saturated carbocycles. The Hall–Kier alpha value is -8.38. The fourth-order valence-corrected chi connectivity index (χ4v) is 8.45. The van der Waals surface area contributed by atoms with Crippen LogP contribution in [0.3, 0.4) is 0 Å². The Morgan fingerprint density at radius 2 is 0.939 bits per heavy atom. The third kappa shape index (κ3) is 8.51. The highest BCUT2D eigenvalue weighted by Crippen LogP contribution is 2.46. The van der Waals surface area contributed by atoms with E-state index in [9.17, 15) is 19.5 Å². The van der Waals surface area contributed by atoms with Crippen LogP contribution in [-0.2, 0) is 24.0 Å². The standard InChI is InChI=1S/C54H48N6O6/c1-29(2)43-39-25-31(5)45(51(63)47(39)41(49(61)53(43)65)27-55-33-17-21-37(22-18-33)59-57-35-13-9-7-10-14-35)46-32(6)26-40-44(30(3)4)54(66)50(62)42(48(40)52(46)64)28-56-34-19-23-38(24-20-34)60-58-36-15-11-8-12-16-36/h7-30,55,57-60,65H,1-6H3/b41-27?,46-45-,56-28?. The van der Waals surface area contributed by atoms with Crippen LogP contribution in [-0.4, -0.2) is 40.2 Å². The fourth-order valence-electron chi connectivity index (χ4n) is 8.45. The number of carbonyl (C=O) groups is 5. The van der Waals surface area contributed by atoms with Crippen LogP contribution in [0.2, 0.25) is 0 Å². The molecular weight excluding hydrogens is 829 g/mol. The van der Waals surface area contributed by atoms with Crippen LogP contribution < -0.4 is 27.0 Å². The van der Waals surface area contributed by atoms with E-state index in [0.717, 1.165) is 22.7 Å². The van der Waals surface area contributed by atoms with Crippen LogP contribution in [0, 0.1) is 11.8 Å². The van der Waals surface area contributed by atoms with Crippen molar-refractivity contribution < 1.29 is 29.1 Å². The second-order valence-electron chi connectivity index (χ2n) is 16.8. The monoisotopic (exact) mass is 876 g/mol. The largest absolute Gasteiger partial charge is 0.504 e. The number of rotatable bonds is 12. The summed E-state index contributed by atoms with van der Waals surface area (Å²) in [4.78, 5) is 76.7. The van der Waals surface area contributed by atoms with Crippen LogP contribution >= 0.6 is 0 Å². The molecule has 0 unspecified atom stereocenters. The van der Waals surface area contributed by atoms with Gasteiger partial charge in [-0.3, -0.25) is 29.0 Å². The number of aliphatic hydroxyl groups excluding tert-OH is 1. The van der Waals surface area contributed by atoms with Gasteiger partial charge in [0.2, 0.25) is 17.3 Å². The highest BCUT2D eigenvalue weighted by atomic mass is 16.3. The van der Waals surface area contributed by atoms with Crippen LogP contribution in [0.1, 0.15) is 41.5 Å². The zero-order valence-electron chi connectivity index (χ0n) is 37.3. The predicted octanol–water partition coefficient (Wildman–Crippen LogP) is 10.4. The second-order valence-corrected chi connectivity index (χ2v) is 16.8. The molecule has 66 heavy (non-hydrogen) atoms. The zero-order valence-corrected chi connectivity index (χ0v) is 37.3. The average Bonchev–Trinajstić information content (AvgIpc) is 3.30. The summed E-state index contributed by atoms with van der Waals surface area (Å²) in [6.07, 6.45) is 6.04. The molecule has 4 aliphatic rings. The molecule has 0 amide bonds.